The molecule has 4 rings (SSSR count). The van der Waals surface area contributed by atoms with E-state index in [0.29, 0.717) is 0 Å². The molecule has 0 N–H and O–H groups in total. The zero-order valence-electron chi connectivity index (χ0n) is 19.0. The summed E-state index contributed by atoms with van der Waals surface area (Å²) in [5.41, 5.74) is 10.6. The Morgan fingerprint density at radius 2 is 0.906 bits per heavy atom. The average Bonchev–Trinajstić information content (AvgIpc) is 2.87. The molecule has 0 aliphatic rings. The van der Waals surface area contributed by atoms with Crippen LogP contribution in [0.1, 0.15) is 42.5 Å². The zero-order chi connectivity index (χ0) is 22.2. The summed E-state index contributed by atoms with van der Waals surface area (Å²) < 4.78 is 0. The Balaban J connectivity index is 1.99. The first-order chi connectivity index (χ1) is 15.8. The van der Waals surface area contributed by atoms with Crippen LogP contribution in [-0.2, 0) is 6.42 Å². The van der Waals surface area contributed by atoms with Gasteiger partial charge in [0.15, 0.2) is 0 Å². The van der Waals surface area contributed by atoms with Crippen molar-refractivity contribution in [3.63, 3.8) is 0 Å². The Labute approximate surface area is 192 Å². The van der Waals surface area contributed by atoms with E-state index < -0.39 is 0 Å². The lowest BCUT2D eigenvalue weighted by molar-refractivity contribution is 1.22. The Kier molecular flexibility index (Phi) is 7.15. The molecule has 0 unspecified atom stereocenters. The van der Waals surface area contributed by atoms with Crippen molar-refractivity contribution < 1.29 is 0 Å². The summed E-state index contributed by atoms with van der Waals surface area (Å²) in [6.45, 7) is 4.56. The highest BCUT2D eigenvalue weighted by Crippen LogP contribution is 2.38. The Hall–Kier alpha value is -3.64. The van der Waals surface area contributed by atoms with Gasteiger partial charge in [0, 0.05) is 0 Å². The molecule has 4 aromatic carbocycles. The van der Waals surface area contributed by atoms with Crippen LogP contribution in [0, 0.1) is 0 Å². The molecule has 0 saturated heterocycles. The van der Waals surface area contributed by atoms with Crippen LogP contribution in [0.3, 0.4) is 0 Å². The van der Waals surface area contributed by atoms with Crippen LogP contribution in [0.2, 0.25) is 0 Å². The minimum Gasteiger partial charge on any atom is -0.0622 e. The third-order valence-corrected chi connectivity index (χ3v) is 6.01. The van der Waals surface area contributed by atoms with Gasteiger partial charge in [0.1, 0.15) is 0 Å². The van der Waals surface area contributed by atoms with Gasteiger partial charge in [-0.25, -0.2) is 0 Å². The third-order valence-electron chi connectivity index (χ3n) is 6.01. The van der Waals surface area contributed by atoms with Gasteiger partial charge < -0.3 is 0 Å². The predicted molar refractivity (Wildman–Crippen MR) is 139 cm³/mol. The molecule has 0 radical (unpaired) electrons. The molecule has 32 heavy (non-hydrogen) atoms. The smallest absolute Gasteiger partial charge is 0.00170 e. The molecule has 0 aliphatic carbocycles. The lowest BCUT2D eigenvalue weighted by Gasteiger charge is -2.21. The number of allylic oxidation sites excluding steroid dienone is 4. The normalized spacial score (nSPS) is 12.7. The number of rotatable bonds is 7. The van der Waals surface area contributed by atoms with Crippen LogP contribution >= 0.6 is 0 Å². The molecule has 0 nitrogen and oxygen atoms in total. The van der Waals surface area contributed by atoms with Gasteiger partial charge in [-0.15, -0.1) is 0 Å². The highest BCUT2D eigenvalue weighted by molar-refractivity contribution is 6.02. The molecule has 0 bridgehead atoms. The maximum atomic E-state index is 2.30. The Morgan fingerprint density at radius 1 is 0.500 bits per heavy atom. The maximum absolute atomic E-state index is 2.30. The van der Waals surface area contributed by atoms with Crippen LogP contribution in [0.25, 0.3) is 16.7 Å². The van der Waals surface area contributed by atoms with E-state index >= 15 is 0 Å². The van der Waals surface area contributed by atoms with Crippen molar-refractivity contribution in [1.82, 2.24) is 0 Å². The van der Waals surface area contributed by atoms with Gasteiger partial charge in [0.2, 0.25) is 0 Å². The van der Waals surface area contributed by atoms with E-state index in [4.69, 9.17) is 0 Å². The number of benzene rings is 4. The summed E-state index contributed by atoms with van der Waals surface area (Å²) in [5.74, 6) is 0. The van der Waals surface area contributed by atoms with E-state index in [-0.39, 0.29) is 0 Å². The van der Waals surface area contributed by atoms with Crippen molar-refractivity contribution in [3.8, 4) is 0 Å². The van der Waals surface area contributed by atoms with Crippen LogP contribution in [-0.4, -0.2) is 0 Å². The van der Waals surface area contributed by atoms with Crippen molar-refractivity contribution >= 4 is 16.7 Å². The lowest BCUT2D eigenvalue weighted by Crippen LogP contribution is -2.00. The van der Waals surface area contributed by atoms with Crippen molar-refractivity contribution in [2.45, 2.75) is 26.7 Å². The van der Waals surface area contributed by atoms with Gasteiger partial charge >= 0.3 is 0 Å². The Morgan fingerprint density at radius 3 is 1.38 bits per heavy atom. The van der Waals surface area contributed by atoms with Crippen LogP contribution in [0.5, 0.6) is 0 Å². The number of hydrogen-bond acceptors (Lipinski definition) is 0. The molecule has 0 atom stereocenters. The first kappa shape index (κ1) is 21.6. The maximum Gasteiger partial charge on any atom is -0.00170 e. The van der Waals surface area contributed by atoms with Gasteiger partial charge in [0.05, 0.1) is 0 Å². The Bertz CT molecular complexity index is 1180. The molecule has 0 fully saturated rings. The summed E-state index contributed by atoms with van der Waals surface area (Å²) in [6, 6.07) is 43.3. The van der Waals surface area contributed by atoms with E-state index in [1.165, 1.54) is 44.5 Å². The van der Waals surface area contributed by atoms with E-state index in [9.17, 15) is 0 Å². The second-order valence-corrected chi connectivity index (χ2v) is 8.07. The minimum absolute atomic E-state index is 0.902. The highest BCUT2D eigenvalue weighted by atomic mass is 14.2. The standard InChI is InChI=1S/C32H30/c1-3-30(27-18-10-5-11-19-27)32(29-22-14-7-15-23-29)25(2)31(28-20-12-6-13-21-28)24-26-16-8-4-9-17-26/h4-23H,3,24H2,1-2H3/b31-25+,32-30-. The molecular weight excluding hydrogens is 384 g/mol. The predicted octanol–water partition coefficient (Wildman–Crippen LogP) is 8.72. The first-order valence-corrected chi connectivity index (χ1v) is 11.4. The molecule has 0 heteroatoms. The molecule has 0 amide bonds. The fourth-order valence-corrected chi connectivity index (χ4v) is 4.43. The van der Waals surface area contributed by atoms with Crippen LogP contribution in [0.4, 0.5) is 0 Å². The van der Waals surface area contributed by atoms with E-state index in [0.717, 1.165) is 12.8 Å². The van der Waals surface area contributed by atoms with E-state index in [2.05, 4.69) is 135 Å². The molecule has 0 aliphatic heterocycles. The third kappa shape index (κ3) is 4.98. The lowest BCUT2D eigenvalue weighted by atomic mass is 9.83. The summed E-state index contributed by atoms with van der Waals surface area (Å²) in [6.07, 6.45) is 1.87. The quantitative estimate of drug-likeness (QED) is 0.209. The molecule has 4 aromatic rings. The molecule has 0 aromatic heterocycles. The number of hydrogen-bond donors (Lipinski definition) is 0. The zero-order valence-corrected chi connectivity index (χ0v) is 19.0. The van der Waals surface area contributed by atoms with Gasteiger partial charge in [0.25, 0.3) is 0 Å². The van der Waals surface area contributed by atoms with Crippen LogP contribution in [0.15, 0.2) is 127 Å². The average molecular weight is 415 g/mol. The molecular formula is C32H30. The summed E-state index contributed by atoms with van der Waals surface area (Å²) in [5, 5.41) is 0. The van der Waals surface area contributed by atoms with Gasteiger partial charge in [-0.05, 0) is 64.3 Å². The van der Waals surface area contributed by atoms with Crippen molar-refractivity contribution in [1.29, 1.82) is 0 Å². The van der Waals surface area contributed by atoms with Gasteiger partial charge in [-0.2, -0.15) is 0 Å². The van der Waals surface area contributed by atoms with Gasteiger partial charge in [-0.3, -0.25) is 0 Å². The monoisotopic (exact) mass is 414 g/mol. The summed E-state index contributed by atoms with van der Waals surface area (Å²) in [7, 11) is 0. The largest absolute Gasteiger partial charge is 0.0622 e. The summed E-state index contributed by atoms with van der Waals surface area (Å²) >= 11 is 0. The van der Waals surface area contributed by atoms with Crippen LogP contribution < -0.4 is 0 Å². The van der Waals surface area contributed by atoms with E-state index in [1.807, 2.05) is 0 Å². The summed E-state index contributed by atoms with van der Waals surface area (Å²) in [4.78, 5) is 0. The molecule has 158 valence electrons. The molecule has 0 saturated carbocycles. The van der Waals surface area contributed by atoms with Gasteiger partial charge in [-0.1, -0.05) is 128 Å². The minimum atomic E-state index is 0.902. The second-order valence-electron chi connectivity index (χ2n) is 8.07. The molecule has 0 heterocycles. The first-order valence-electron chi connectivity index (χ1n) is 11.4. The molecule has 0 spiro atoms. The fraction of sp³-hybridized carbons (Fsp3) is 0.125. The van der Waals surface area contributed by atoms with Crippen molar-refractivity contribution in [3.05, 3.63) is 149 Å². The fourth-order valence-electron chi connectivity index (χ4n) is 4.43. The van der Waals surface area contributed by atoms with Crippen molar-refractivity contribution in [2.75, 3.05) is 0 Å². The second kappa shape index (κ2) is 10.6. The SMILES string of the molecule is CC/C(=C(\C(C)=C(/Cc1ccccc1)c1ccccc1)c1ccccc1)c1ccccc1. The highest BCUT2D eigenvalue weighted by Gasteiger charge is 2.17. The topological polar surface area (TPSA) is 0 Å². The van der Waals surface area contributed by atoms with Crippen molar-refractivity contribution in [2.24, 2.45) is 0 Å². The van der Waals surface area contributed by atoms with E-state index in [1.54, 1.807) is 0 Å².